The maximum absolute atomic E-state index is 13.2. The molecule has 0 saturated carbocycles. The van der Waals surface area contributed by atoms with Crippen molar-refractivity contribution in [3.63, 3.8) is 0 Å². The van der Waals surface area contributed by atoms with Crippen LogP contribution < -0.4 is 4.74 Å². The highest BCUT2D eigenvalue weighted by molar-refractivity contribution is 5.65. The van der Waals surface area contributed by atoms with Crippen LogP contribution in [0.2, 0.25) is 0 Å². The third kappa shape index (κ3) is 1.41. The van der Waals surface area contributed by atoms with Crippen molar-refractivity contribution in [2.24, 2.45) is 4.99 Å². The highest BCUT2D eigenvalue weighted by Gasteiger charge is 2.11. The second-order valence-corrected chi connectivity index (χ2v) is 2.98. The third-order valence-corrected chi connectivity index (χ3v) is 2.18. The number of hydrogen-bond donors (Lipinski definition) is 0. The minimum absolute atomic E-state index is 0.307. The number of hydrogen-bond acceptors (Lipinski definition) is 2. The van der Waals surface area contributed by atoms with E-state index in [9.17, 15) is 4.39 Å². The second-order valence-electron chi connectivity index (χ2n) is 2.98. The number of rotatable bonds is 1. The molecule has 1 aliphatic rings. The van der Waals surface area contributed by atoms with Gasteiger partial charge in [-0.15, -0.1) is 0 Å². The lowest BCUT2D eigenvalue weighted by molar-refractivity contribution is 0.385. The molecule has 0 N–H and O–H groups in total. The van der Waals surface area contributed by atoms with Crippen molar-refractivity contribution in [3.8, 4) is 5.75 Å². The van der Waals surface area contributed by atoms with Crippen LogP contribution in [0, 0.1) is 5.82 Å². The number of methoxy groups -OCH3 is 1. The van der Waals surface area contributed by atoms with Gasteiger partial charge in [0.05, 0.1) is 13.7 Å². The summed E-state index contributed by atoms with van der Waals surface area (Å²) in [4.78, 5) is 4.08. The molecule has 13 heavy (non-hydrogen) atoms. The number of halogens is 1. The average Bonchev–Trinajstić information content (AvgIpc) is 2.17. The first-order chi connectivity index (χ1) is 6.31. The summed E-state index contributed by atoms with van der Waals surface area (Å²) in [6, 6.07) is 3.25. The lowest BCUT2D eigenvalue weighted by Gasteiger charge is -2.12. The van der Waals surface area contributed by atoms with Crippen LogP contribution in [0.1, 0.15) is 11.1 Å². The molecule has 0 aliphatic carbocycles. The first kappa shape index (κ1) is 8.23. The minimum atomic E-state index is -0.307. The topological polar surface area (TPSA) is 21.6 Å². The molecule has 0 atom stereocenters. The van der Waals surface area contributed by atoms with E-state index >= 15 is 0 Å². The molecular weight excluding hydrogens is 169 g/mol. The highest BCUT2D eigenvalue weighted by Crippen LogP contribution is 2.24. The van der Waals surface area contributed by atoms with E-state index in [4.69, 9.17) is 4.74 Å². The number of aliphatic imine (C=N–C) groups is 1. The van der Waals surface area contributed by atoms with Gasteiger partial charge < -0.3 is 4.74 Å². The van der Waals surface area contributed by atoms with Crippen LogP contribution in [0.5, 0.6) is 5.75 Å². The zero-order chi connectivity index (χ0) is 9.26. The smallest absolute Gasteiger partial charge is 0.165 e. The molecule has 0 aromatic heterocycles. The summed E-state index contributed by atoms with van der Waals surface area (Å²) in [5.74, 6) is 0.00685. The van der Waals surface area contributed by atoms with Gasteiger partial charge in [0, 0.05) is 12.6 Å². The molecule has 1 heterocycles. The molecule has 0 radical (unpaired) electrons. The molecule has 1 aromatic carbocycles. The van der Waals surface area contributed by atoms with Crippen molar-refractivity contribution >= 4 is 6.21 Å². The van der Waals surface area contributed by atoms with Crippen LogP contribution in [-0.2, 0) is 13.0 Å². The molecular formula is C10H10FNO. The van der Waals surface area contributed by atoms with Gasteiger partial charge in [0.2, 0.25) is 0 Å². The Kier molecular flexibility index (Phi) is 2.00. The van der Waals surface area contributed by atoms with E-state index in [1.807, 2.05) is 6.21 Å². The van der Waals surface area contributed by atoms with Crippen LogP contribution in [0.25, 0.3) is 0 Å². The molecule has 1 aliphatic heterocycles. The summed E-state index contributed by atoms with van der Waals surface area (Å²) < 4.78 is 18.1. The van der Waals surface area contributed by atoms with E-state index in [2.05, 4.69) is 4.99 Å². The van der Waals surface area contributed by atoms with Gasteiger partial charge in [-0.25, -0.2) is 4.39 Å². The Labute approximate surface area is 76.1 Å². The van der Waals surface area contributed by atoms with E-state index in [1.165, 1.54) is 13.2 Å². The lowest BCUT2D eigenvalue weighted by Crippen LogP contribution is -2.02. The Morgan fingerprint density at radius 3 is 3.00 bits per heavy atom. The number of benzene rings is 1. The molecule has 1 aromatic rings. The Morgan fingerprint density at radius 2 is 2.23 bits per heavy atom. The van der Waals surface area contributed by atoms with Crippen molar-refractivity contribution in [1.82, 2.24) is 0 Å². The monoisotopic (exact) mass is 179 g/mol. The summed E-state index contributed by atoms with van der Waals surface area (Å²) in [7, 11) is 1.47. The molecule has 0 spiro atoms. The largest absolute Gasteiger partial charge is 0.494 e. The first-order valence-electron chi connectivity index (χ1n) is 4.15. The van der Waals surface area contributed by atoms with Gasteiger partial charge in [-0.05, 0) is 23.3 Å². The Balaban J connectivity index is 2.48. The first-order valence-corrected chi connectivity index (χ1v) is 4.15. The fraction of sp³-hybridized carbons (Fsp3) is 0.300. The fourth-order valence-electron chi connectivity index (χ4n) is 1.46. The van der Waals surface area contributed by atoms with Crippen LogP contribution in [0.4, 0.5) is 4.39 Å². The fourth-order valence-corrected chi connectivity index (χ4v) is 1.46. The summed E-state index contributed by atoms with van der Waals surface area (Å²) in [6.45, 7) is 0.580. The van der Waals surface area contributed by atoms with E-state index in [1.54, 1.807) is 6.07 Å². The summed E-state index contributed by atoms with van der Waals surface area (Å²) in [5.41, 5.74) is 2.06. The van der Waals surface area contributed by atoms with Crippen LogP contribution in [-0.4, -0.2) is 13.3 Å². The molecule has 2 rings (SSSR count). The maximum atomic E-state index is 13.2. The van der Waals surface area contributed by atoms with Crippen molar-refractivity contribution < 1.29 is 9.13 Å². The predicted molar refractivity (Wildman–Crippen MR) is 48.9 cm³/mol. The quantitative estimate of drug-likeness (QED) is 0.645. The zero-order valence-corrected chi connectivity index (χ0v) is 7.38. The summed E-state index contributed by atoms with van der Waals surface area (Å²) in [5, 5.41) is 0. The number of ether oxygens (including phenoxy) is 1. The minimum Gasteiger partial charge on any atom is -0.494 e. The molecule has 0 bridgehead atoms. The Morgan fingerprint density at radius 1 is 1.38 bits per heavy atom. The normalized spacial score (nSPS) is 14.0. The van der Waals surface area contributed by atoms with Crippen molar-refractivity contribution in [2.75, 3.05) is 7.11 Å². The van der Waals surface area contributed by atoms with E-state index in [0.717, 1.165) is 17.5 Å². The van der Waals surface area contributed by atoms with E-state index in [-0.39, 0.29) is 5.82 Å². The van der Waals surface area contributed by atoms with E-state index in [0.29, 0.717) is 12.3 Å². The SMILES string of the molecule is COc1cc2c(cc1F)CN=CC2. The Hall–Kier alpha value is -1.38. The van der Waals surface area contributed by atoms with Crippen molar-refractivity contribution in [2.45, 2.75) is 13.0 Å². The van der Waals surface area contributed by atoms with Gasteiger partial charge in [-0.2, -0.15) is 0 Å². The highest BCUT2D eigenvalue weighted by atomic mass is 19.1. The Bertz CT molecular complexity index is 360. The zero-order valence-electron chi connectivity index (χ0n) is 7.38. The van der Waals surface area contributed by atoms with Gasteiger partial charge in [-0.1, -0.05) is 0 Å². The molecule has 0 saturated heterocycles. The van der Waals surface area contributed by atoms with Crippen LogP contribution in [0.3, 0.4) is 0 Å². The van der Waals surface area contributed by atoms with Gasteiger partial charge in [0.15, 0.2) is 11.6 Å². The second kappa shape index (κ2) is 3.17. The molecule has 2 nitrogen and oxygen atoms in total. The molecule has 68 valence electrons. The lowest BCUT2D eigenvalue weighted by atomic mass is 10.0. The van der Waals surface area contributed by atoms with Gasteiger partial charge in [-0.3, -0.25) is 4.99 Å². The van der Waals surface area contributed by atoms with Gasteiger partial charge in [0.25, 0.3) is 0 Å². The maximum Gasteiger partial charge on any atom is 0.165 e. The molecule has 0 amide bonds. The van der Waals surface area contributed by atoms with Gasteiger partial charge in [0.1, 0.15) is 0 Å². The summed E-state index contributed by atoms with van der Waals surface area (Å²) >= 11 is 0. The van der Waals surface area contributed by atoms with E-state index < -0.39 is 0 Å². The number of fused-ring (bicyclic) bond motifs is 1. The number of nitrogens with zero attached hydrogens (tertiary/aromatic N) is 1. The molecule has 0 unspecified atom stereocenters. The van der Waals surface area contributed by atoms with Gasteiger partial charge >= 0.3 is 0 Å². The average molecular weight is 179 g/mol. The third-order valence-electron chi connectivity index (χ3n) is 2.18. The van der Waals surface area contributed by atoms with Crippen molar-refractivity contribution in [3.05, 3.63) is 29.1 Å². The standard InChI is InChI=1S/C10H10FNO/c1-13-10-5-7-2-3-12-6-8(7)4-9(10)11/h3-5H,2,6H2,1H3. The summed E-state index contributed by atoms with van der Waals surface area (Å²) in [6.07, 6.45) is 2.62. The molecule has 0 fully saturated rings. The van der Waals surface area contributed by atoms with Crippen LogP contribution in [0.15, 0.2) is 17.1 Å². The van der Waals surface area contributed by atoms with Crippen LogP contribution >= 0.6 is 0 Å². The van der Waals surface area contributed by atoms with Crippen molar-refractivity contribution in [1.29, 1.82) is 0 Å². The molecule has 3 heteroatoms. The predicted octanol–water partition coefficient (Wildman–Crippen LogP) is 1.96.